The number of hydrogen-bond donors (Lipinski definition) is 1. The van der Waals surface area contributed by atoms with Gasteiger partial charge in [-0.25, -0.2) is 8.42 Å². The average molecular weight is 301 g/mol. The summed E-state index contributed by atoms with van der Waals surface area (Å²) in [5, 5.41) is 2.63. The van der Waals surface area contributed by atoms with Crippen LogP contribution in [0.1, 0.15) is 5.56 Å². The third kappa shape index (κ3) is 5.28. The molecule has 1 N–H and O–H groups in total. The summed E-state index contributed by atoms with van der Waals surface area (Å²) in [4.78, 5) is 11.8. The van der Waals surface area contributed by atoms with Gasteiger partial charge in [0.1, 0.15) is 6.61 Å². The smallest absolute Gasteiger partial charge is 0.250 e. The molecule has 0 atom stereocenters. The molecule has 0 saturated carbocycles. The predicted molar refractivity (Wildman–Crippen MR) is 75.6 cm³/mol. The fourth-order valence-corrected chi connectivity index (χ4v) is 2.11. The van der Waals surface area contributed by atoms with Gasteiger partial charge in [0.2, 0.25) is 5.91 Å². The molecule has 1 aromatic carbocycles. The molecule has 0 bridgehead atoms. The SMILES string of the molecule is COCCOCC(=O)Nc1cc(S(C)(=O)=O)ccc1C. The second kappa shape index (κ2) is 7.37. The summed E-state index contributed by atoms with van der Waals surface area (Å²) in [7, 11) is -1.76. The molecule has 6 nitrogen and oxygen atoms in total. The molecule has 0 heterocycles. The van der Waals surface area contributed by atoms with Gasteiger partial charge < -0.3 is 14.8 Å². The summed E-state index contributed by atoms with van der Waals surface area (Å²) in [6.07, 6.45) is 1.12. The summed E-state index contributed by atoms with van der Waals surface area (Å²) < 4.78 is 32.8. The Morgan fingerprint density at radius 3 is 2.60 bits per heavy atom. The van der Waals surface area contributed by atoms with E-state index in [1.165, 1.54) is 12.1 Å². The number of carbonyl (C=O) groups is 1. The molecule has 0 saturated heterocycles. The van der Waals surface area contributed by atoms with Crippen LogP contribution in [0.5, 0.6) is 0 Å². The normalized spacial score (nSPS) is 11.3. The minimum atomic E-state index is -3.30. The topological polar surface area (TPSA) is 81.7 Å². The lowest BCUT2D eigenvalue weighted by Gasteiger charge is -2.10. The monoisotopic (exact) mass is 301 g/mol. The van der Waals surface area contributed by atoms with Crippen LogP contribution in [0.4, 0.5) is 5.69 Å². The Hall–Kier alpha value is -1.44. The molecular formula is C13H19NO5S. The van der Waals surface area contributed by atoms with Gasteiger partial charge in [-0.2, -0.15) is 0 Å². The fourth-order valence-electron chi connectivity index (χ4n) is 1.46. The molecule has 1 aromatic rings. The molecule has 0 aliphatic heterocycles. The molecule has 1 amide bonds. The number of benzene rings is 1. The molecule has 7 heteroatoms. The number of rotatable bonds is 7. The minimum Gasteiger partial charge on any atom is -0.382 e. The summed E-state index contributed by atoms with van der Waals surface area (Å²) in [6, 6.07) is 4.60. The summed E-state index contributed by atoms with van der Waals surface area (Å²) in [6.45, 7) is 2.42. The summed E-state index contributed by atoms with van der Waals surface area (Å²) in [5.74, 6) is -0.338. The Morgan fingerprint density at radius 1 is 1.30 bits per heavy atom. The van der Waals surface area contributed by atoms with Crippen LogP contribution in [0, 0.1) is 6.92 Å². The van der Waals surface area contributed by atoms with E-state index in [1.54, 1.807) is 20.1 Å². The largest absolute Gasteiger partial charge is 0.382 e. The van der Waals surface area contributed by atoms with Crippen LogP contribution < -0.4 is 5.32 Å². The maximum atomic E-state index is 11.7. The van der Waals surface area contributed by atoms with Crippen molar-refractivity contribution in [3.8, 4) is 0 Å². The highest BCUT2D eigenvalue weighted by Crippen LogP contribution is 2.20. The van der Waals surface area contributed by atoms with Gasteiger partial charge in [-0.15, -0.1) is 0 Å². The van der Waals surface area contributed by atoms with Crippen LogP contribution in [0.25, 0.3) is 0 Å². The van der Waals surface area contributed by atoms with Gasteiger partial charge in [0, 0.05) is 19.1 Å². The summed E-state index contributed by atoms with van der Waals surface area (Å²) >= 11 is 0. The van der Waals surface area contributed by atoms with Crippen molar-refractivity contribution >= 4 is 21.4 Å². The number of nitrogens with one attached hydrogen (secondary N) is 1. The highest BCUT2D eigenvalue weighted by Gasteiger charge is 2.11. The Bertz CT molecular complexity index is 568. The van der Waals surface area contributed by atoms with Crippen molar-refractivity contribution in [1.82, 2.24) is 0 Å². The van der Waals surface area contributed by atoms with Gasteiger partial charge in [0.15, 0.2) is 9.84 Å². The van der Waals surface area contributed by atoms with Crippen molar-refractivity contribution in [2.75, 3.05) is 38.5 Å². The van der Waals surface area contributed by atoms with Gasteiger partial charge in [0.05, 0.1) is 18.1 Å². The highest BCUT2D eigenvalue weighted by atomic mass is 32.2. The molecule has 0 fully saturated rings. The first-order valence-electron chi connectivity index (χ1n) is 6.02. The van der Waals surface area contributed by atoms with E-state index < -0.39 is 9.84 Å². The molecule has 0 radical (unpaired) electrons. The van der Waals surface area contributed by atoms with Gasteiger partial charge >= 0.3 is 0 Å². The quantitative estimate of drug-likeness (QED) is 0.760. The number of sulfone groups is 1. The van der Waals surface area contributed by atoms with Crippen molar-refractivity contribution in [2.24, 2.45) is 0 Å². The lowest BCUT2D eigenvalue weighted by molar-refractivity contribution is -0.121. The van der Waals surface area contributed by atoms with Crippen LogP contribution in [-0.4, -0.2) is 47.5 Å². The standard InChI is InChI=1S/C13H19NO5S/c1-10-4-5-11(20(3,16)17)8-12(10)14-13(15)9-19-7-6-18-2/h4-5,8H,6-7,9H2,1-3H3,(H,14,15). The molecule has 20 heavy (non-hydrogen) atoms. The predicted octanol–water partition coefficient (Wildman–Crippen LogP) is 1.00. The zero-order chi connectivity index (χ0) is 15.2. The number of hydrogen-bond acceptors (Lipinski definition) is 5. The van der Waals surface area contributed by atoms with Crippen LogP contribution >= 0.6 is 0 Å². The Balaban J connectivity index is 2.69. The Kier molecular flexibility index (Phi) is 6.12. The van der Waals surface area contributed by atoms with Gasteiger partial charge in [-0.1, -0.05) is 6.07 Å². The van der Waals surface area contributed by atoms with E-state index in [2.05, 4.69) is 5.32 Å². The zero-order valence-electron chi connectivity index (χ0n) is 11.8. The molecule has 0 aliphatic carbocycles. The van der Waals surface area contributed by atoms with Crippen LogP contribution in [0.3, 0.4) is 0 Å². The lowest BCUT2D eigenvalue weighted by atomic mass is 10.2. The third-order valence-corrected chi connectivity index (χ3v) is 3.69. The molecule has 0 spiro atoms. The number of anilines is 1. The number of carbonyl (C=O) groups excluding carboxylic acids is 1. The molecule has 0 aromatic heterocycles. The molecule has 0 aliphatic rings. The van der Waals surface area contributed by atoms with Gasteiger partial charge in [-0.3, -0.25) is 4.79 Å². The molecule has 112 valence electrons. The van der Waals surface area contributed by atoms with E-state index in [9.17, 15) is 13.2 Å². The maximum absolute atomic E-state index is 11.7. The highest BCUT2D eigenvalue weighted by molar-refractivity contribution is 7.90. The number of amides is 1. The van der Waals surface area contributed by atoms with Crippen molar-refractivity contribution in [2.45, 2.75) is 11.8 Å². The second-order valence-electron chi connectivity index (χ2n) is 4.34. The fraction of sp³-hybridized carbons (Fsp3) is 0.462. The average Bonchev–Trinajstić information content (AvgIpc) is 2.36. The summed E-state index contributed by atoms with van der Waals surface area (Å²) in [5.41, 5.74) is 1.25. The van der Waals surface area contributed by atoms with E-state index in [4.69, 9.17) is 9.47 Å². The maximum Gasteiger partial charge on any atom is 0.250 e. The van der Waals surface area contributed by atoms with Crippen molar-refractivity contribution < 1.29 is 22.7 Å². The van der Waals surface area contributed by atoms with Crippen LogP contribution in [0.2, 0.25) is 0 Å². The number of ether oxygens (including phenoxy) is 2. The first-order chi connectivity index (χ1) is 9.34. The Labute approximate surface area is 119 Å². The van der Waals surface area contributed by atoms with Gasteiger partial charge in [0.25, 0.3) is 0 Å². The van der Waals surface area contributed by atoms with Crippen molar-refractivity contribution in [1.29, 1.82) is 0 Å². The third-order valence-electron chi connectivity index (χ3n) is 2.58. The zero-order valence-corrected chi connectivity index (χ0v) is 12.6. The van der Waals surface area contributed by atoms with E-state index in [0.717, 1.165) is 11.8 Å². The lowest BCUT2D eigenvalue weighted by Crippen LogP contribution is -2.20. The van der Waals surface area contributed by atoms with Crippen LogP contribution in [0.15, 0.2) is 23.1 Å². The minimum absolute atomic E-state index is 0.105. The van der Waals surface area contributed by atoms with Crippen molar-refractivity contribution in [3.63, 3.8) is 0 Å². The molecular weight excluding hydrogens is 282 g/mol. The van der Waals surface area contributed by atoms with Crippen molar-refractivity contribution in [3.05, 3.63) is 23.8 Å². The van der Waals surface area contributed by atoms with E-state index in [1.807, 2.05) is 0 Å². The molecule has 0 unspecified atom stereocenters. The number of aryl methyl sites for hydroxylation is 1. The number of methoxy groups -OCH3 is 1. The van der Waals surface area contributed by atoms with Gasteiger partial charge in [-0.05, 0) is 24.6 Å². The Morgan fingerprint density at radius 2 is 2.00 bits per heavy atom. The molecule has 1 rings (SSSR count). The first-order valence-corrected chi connectivity index (χ1v) is 7.91. The van der Waals surface area contributed by atoms with E-state index >= 15 is 0 Å². The van der Waals surface area contributed by atoms with Crippen LogP contribution in [-0.2, 0) is 24.1 Å². The van der Waals surface area contributed by atoms with E-state index in [0.29, 0.717) is 18.9 Å². The van der Waals surface area contributed by atoms with E-state index in [-0.39, 0.29) is 17.4 Å². The first kappa shape index (κ1) is 16.6. The second-order valence-corrected chi connectivity index (χ2v) is 6.36.